The highest BCUT2D eigenvalue weighted by molar-refractivity contribution is 5.94. The van der Waals surface area contributed by atoms with Gasteiger partial charge >= 0.3 is 0 Å². The van der Waals surface area contributed by atoms with Crippen molar-refractivity contribution in [2.45, 2.75) is 64.6 Å². The molecule has 1 fully saturated rings. The van der Waals surface area contributed by atoms with Crippen LogP contribution in [0.4, 0.5) is 0 Å². The molecule has 1 aromatic carbocycles. The van der Waals surface area contributed by atoms with E-state index in [9.17, 15) is 4.79 Å². The molecule has 118 valence electrons. The maximum atomic E-state index is 12.4. The fraction of sp³-hybridized carbons (Fsp3) is 0.588. The molecule has 0 atom stereocenters. The molecule has 1 amide bonds. The van der Waals surface area contributed by atoms with E-state index in [1.807, 2.05) is 31.2 Å². The lowest BCUT2D eigenvalue weighted by Gasteiger charge is -2.46. The van der Waals surface area contributed by atoms with Gasteiger partial charge in [0, 0.05) is 22.7 Å². The number of hydrogen-bond acceptors (Lipinski definition) is 2. The molecule has 1 heterocycles. The van der Waals surface area contributed by atoms with Crippen molar-refractivity contribution in [1.82, 2.24) is 10.6 Å². The molecule has 0 radical (unpaired) electrons. The van der Waals surface area contributed by atoms with Crippen LogP contribution in [0.3, 0.4) is 0 Å². The number of carbonyl (C=O) groups excluding carboxylic acids is 1. The van der Waals surface area contributed by atoms with E-state index in [-0.39, 0.29) is 35.4 Å². The molecule has 4 heteroatoms. The number of amides is 1. The lowest BCUT2D eigenvalue weighted by atomic mass is 9.79. The minimum atomic E-state index is 0. The Morgan fingerprint density at radius 2 is 1.76 bits per heavy atom. The number of halogens is 1. The lowest BCUT2D eigenvalue weighted by molar-refractivity contribution is 0.0873. The summed E-state index contributed by atoms with van der Waals surface area (Å²) in [5.41, 5.74) is 1.96. The normalized spacial score (nSPS) is 20.4. The number of aryl methyl sites for hydroxylation is 1. The van der Waals surface area contributed by atoms with Crippen LogP contribution >= 0.6 is 12.4 Å². The van der Waals surface area contributed by atoms with Gasteiger partial charge in [-0.3, -0.25) is 4.79 Å². The summed E-state index contributed by atoms with van der Waals surface area (Å²) in [6, 6.07) is 7.97. The van der Waals surface area contributed by atoms with Crippen LogP contribution in [0.5, 0.6) is 0 Å². The van der Waals surface area contributed by atoms with Crippen LogP contribution in [0.15, 0.2) is 24.3 Å². The topological polar surface area (TPSA) is 41.1 Å². The predicted molar refractivity (Wildman–Crippen MR) is 90.2 cm³/mol. The summed E-state index contributed by atoms with van der Waals surface area (Å²) in [4.78, 5) is 12.4. The molecule has 1 aromatic rings. The molecule has 21 heavy (non-hydrogen) atoms. The molecule has 0 aromatic heterocycles. The van der Waals surface area contributed by atoms with Crippen LogP contribution in [0.1, 0.15) is 56.5 Å². The number of hydrogen-bond donors (Lipinski definition) is 2. The second kappa shape index (κ2) is 6.37. The maximum Gasteiger partial charge on any atom is 0.251 e. The number of nitrogens with one attached hydrogen (secondary N) is 2. The summed E-state index contributed by atoms with van der Waals surface area (Å²) in [5, 5.41) is 6.83. The van der Waals surface area contributed by atoms with Gasteiger partial charge in [-0.15, -0.1) is 12.4 Å². The zero-order valence-electron chi connectivity index (χ0n) is 13.6. The number of benzene rings is 1. The first-order valence-corrected chi connectivity index (χ1v) is 7.34. The molecular weight excluding hydrogens is 284 g/mol. The molecule has 0 bridgehead atoms. The van der Waals surface area contributed by atoms with Crippen molar-refractivity contribution in [3.63, 3.8) is 0 Å². The number of piperidine rings is 1. The standard InChI is InChI=1S/C17H26N2O.ClH/c1-12-7-6-8-13(9-12)15(20)18-14-10-16(2,3)19-17(4,5)11-14;/h6-9,14,19H,10-11H2,1-5H3,(H,18,20);1H. The first-order chi connectivity index (χ1) is 9.17. The van der Waals surface area contributed by atoms with Gasteiger partial charge in [0.15, 0.2) is 0 Å². The molecular formula is C17H27ClN2O. The van der Waals surface area contributed by atoms with Gasteiger partial charge in [-0.25, -0.2) is 0 Å². The Balaban J connectivity index is 0.00000220. The maximum absolute atomic E-state index is 12.4. The summed E-state index contributed by atoms with van der Waals surface area (Å²) in [7, 11) is 0. The van der Waals surface area contributed by atoms with Crippen molar-refractivity contribution in [3.05, 3.63) is 35.4 Å². The molecule has 1 saturated heterocycles. The summed E-state index contributed by atoms with van der Waals surface area (Å²) < 4.78 is 0. The zero-order valence-corrected chi connectivity index (χ0v) is 14.4. The highest BCUT2D eigenvalue weighted by atomic mass is 35.5. The third-order valence-corrected chi connectivity index (χ3v) is 3.81. The monoisotopic (exact) mass is 310 g/mol. The molecule has 2 N–H and O–H groups in total. The van der Waals surface area contributed by atoms with Gasteiger partial charge in [0.05, 0.1) is 0 Å². The van der Waals surface area contributed by atoms with E-state index in [4.69, 9.17) is 0 Å². The largest absolute Gasteiger partial charge is 0.349 e. The Hall–Kier alpha value is -1.06. The Morgan fingerprint density at radius 3 is 2.29 bits per heavy atom. The fourth-order valence-corrected chi connectivity index (χ4v) is 3.48. The summed E-state index contributed by atoms with van der Waals surface area (Å²) in [6.07, 6.45) is 1.90. The van der Waals surface area contributed by atoms with E-state index >= 15 is 0 Å². The summed E-state index contributed by atoms with van der Waals surface area (Å²) in [6.45, 7) is 10.8. The number of rotatable bonds is 2. The van der Waals surface area contributed by atoms with Crippen LogP contribution in [0.25, 0.3) is 0 Å². The van der Waals surface area contributed by atoms with Gasteiger partial charge in [0.2, 0.25) is 0 Å². The van der Waals surface area contributed by atoms with E-state index in [1.165, 1.54) is 0 Å². The smallest absolute Gasteiger partial charge is 0.251 e. The molecule has 0 spiro atoms. The summed E-state index contributed by atoms with van der Waals surface area (Å²) >= 11 is 0. The van der Waals surface area contributed by atoms with Gasteiger partial charge in [0.1, 0.15) is 0 Å². The van der Waals surface area contributed by atoms with Crippen molar-refractivity contribution < 1.29 is 4.79 Å². The van der Waals surface area contributed by atoms with E-state index in [0.717, 1.165) is 24.0 Å². The third kappa shape index (κ3) is 5.01. The van der Waals surface area contributed by atoms with Gasteiger partial charge in [-0.2, -0.15) is 0 Å². The average molecular weight is 311 g/mol. The molecule has 1 aliphatic rings. The van der Waals surface area contributed by atoms with Crippen molar-refractivity contribution in [1.29, 1.82) is 0 Å². The molecule has 1 aliphatic heterocycles. The second-order valence-corrected chi connectivity index (χ2v) is 7.34. The predicted octanol–water partition coefficient (Wildman–Crippen LogP) is 3.46. The van der Waals surface area contributed by atoms with E-state index < -0.39 is 0 Å². The zero-order chi connectivity index (χ0) is 15.0. The van der Waals surface area contributed by atoms with Crippen LogP contribution in [-0.4, -0.2) is 23.0 Å². The van der Waals surface area contributed by atoms with Crippen LogP contribution in [0.2, 0.25) is 0 Å². The quantitative estimate of drug-likeness (QED) is 0.878. The Labute approximate surface area is 134 Å². The first kappa shape index (κ1) is 18.0. The van der Waals surface area contributed by atoms with Crippen molar-refractivity contribution in [3.8, 4) is 0 Å². The van der Waals surface area contributed by atoms with Crippen LogP contribution < -0.4 is 10.6 Å². The highest BCUT2D eigenvalue weighted by Crippen LogP contribution is 2.28. The minimum Gasteiger partial charge on any atom is -0.349 e. The molecule has 0 saturated carbocycles. The van der Waals surface area contributed by atoms with Crippen LogP contribution in [-0.2, 0) is 0 Å². The summed E-state index contributed by atoms with van der Waals surface area (Å²) in [5.74, 6) is 0.0344. The SMILES string of the molecule is Cc1cccc(C(=O)NC2CC(C)(C)NC(C)(C)C2)c1.Cl. The van der Waals surface area contributed by atoms with Crippen molar-refractivity contribution >= 4 is 18.3 Å². The minimum absolute atomic E-state index is 0. The Kier molecular flexibility index (Phi) is 5.46. The Bertz CT molecular complexity index is 495. The van der Waals surface area contributed by atoms with E-state index in [1.54, 1.807) is 0 Å². The molecule has 2 rings (SSSR count). The van der Waals surface area contributed by atoms with Gasteiger partial charge < -0.3 is 10.6 Å². The molecule has 0 aliphatic carbocycles. The Morgan fingerprint density at radius 1 is 1.19 bits per heavy atom. The van der Waals surface area contributed by atoms with Crippen LogP contribution in [0, 0.1) is 6.92 Å². The van der Waals surface area contributed by atoms with Gasteiger partial charge in [-0.05, 0) is 59.6 Å². The molecule has 3 nitrogen and oxygen atoms in total. The van der Waals surface area contributed by atoms with Crippen molar-refractivity contribution in [2.24, 2.45) is 0 Å². The first-order valence-electron chi connectivity index (χ1n) is 7.34. The number of carbonyl (C=O) groups is 1. The highest BCUT2D eigenvalue weighted by Gasteiger charge is 2.38. The van der Waals surface area contributed by atoms with Gasteiger partial charge in [-0.1, -0.05) is 17.7 Å². The second-order valence-electron chi connectivity index (χ2n) is 7.34. The van der Waals surface area contributed by atoms with E-state index in [2.05, 4.69) is 38.3 Å². The van der Waals surface area contributed by atoms with Crippen molar-refractivity contribution in [2.75, 3.05) is 0 Å². The fourth-order valence-electron chi connectivity index (χ4n) is 3.48. The van der Waals surface area contributed by atoms with Gasteiger partial charge in [0.25, 0.3) is 5.91 Å². The lowest BCUT2D eigenvalue weighted by Crippen LogP contribution is -2.62. The average Bonchev–Trinajstić information content (AvgIpc) is 2.24. The van der Waals surface area contributed by atoms with E-state index in [0.29, 0.717) is 0 Å². The molecule has 0 unspecified atom stereocenters. The third-order valence-electron chi connectivity index (χ3n) is 3.81.